The average Bonchev–Trinajstić information content (AvgIpc) is 3.02. The Kier molecular flexibility index (Phi) is 6.28. The molecule has 0 bridgehead atoms. The molecule has 0 unspecified atom stereocenters. The van der Waals surface area contributed by atoms with Gasteiger partial charge in [0.25, 0.3) is 0 Å². The molecule has 190 valence electrons. The van der Waals surface area contributed by atoms with Gasteiger partial charge in [-0.25, -0.2) is 0 Å². The molecule has 0 saturated carbocycles. The van der Waals surface area contributed by atoms with Gasteiger partial charge in [-0.15, -0.1) is 0 Å². The Morgan fingerprint density at radius 2 is 1.02 bits per heavy atom. The van der Waals surface area contributed by atoms with E-state index < -0.39 is 0 Å². The fourth-order valence-corrected chi connectivity index (χ4v) is 5.79. The number of para-hydroxylation sites is 1. The highest BCUT2D eigenvalue weighted by Crippen LogP contribution is 2.43. The van der Waals surface area contributed by atoms with Gasteiger partial charge in [0.15, 0.2) is 0 Å². The molecule has 0 amide bonds. The van der Waals surface area contributed by atoms with Crippen molar-refractivity contribution in [1.82, 2.24) is 0 Å². The summed E-state index contributed by atoms with van der Waals surface area (Å²) in [5.74, 6) is 0. The Morgan fingerprint density at radius 1 is 0.400 bits per heavy atom. The van der Waals surface area contributed by atoms with E-state index in [1.165, 1.54) is 32.7 Å². The molecule has 0 aromatic heterocycles. The molecule has 0 saturated heterocycles. The molecule has 40 heavy (non-hydrogen) atoms. The van der Waals surface area contributed by atoms with E-state index in [0.29, 0.717) is 0 Å². The first-order valence-electron chi connectivity index (χ1n) is 13.5. The van der Waals surface area contributed by atoms with Crippen molar-refractivity contribution in [3.05, 3.63) is 163 Å². The number of anilines is 3. The van der Waals surface area contributed by atoms with Gasteiger partial charge in [0.05, 0.1) is 0 Å². The van der Waals surface area contributed by atoms with Crippen LogP contribution in [0.15, 0.2) is 158 Å². The summed E-state index contributed by atoms with van der Waals surface area (Å²) in [5, 5.41) is 5.61. The van der Waals surface area contributed by atoms with Crippen molar-refractivity contribution >= 4 is 50.2 Å². The van der Waals surface area contributed by atoms with Gasteiger partial charge in [-0.05, 0) is 92.3 Å². The number of rotatable bonds is 5. The average molecular weight is 532 g/mol. The lowest BCUT2D eigenvalue weighted by Crippen LogP contribution is -2.10. The summed E-state index contributed by atoms with van der Waals surface area (Å²) in [7, 11) is 0. The number of fused-ring (bicyclic) bond motifs is 3. The van der Waals surface area contributed by atoms with Crippen LogP contribution >= 0.6 is 11.6 Å². The molecule has 0 atom stereocenters. The molecule has 7 aromatic rings. The lowest BCUT2D eigenvalue weighted by Gasteiger charge is -2.27. The van der Waals surface area contributed by atoms with Crippen LogP contribution < -0.4 is 4.90 Å². The monoisotopic (exact) mass is 531 g/mol. The second-order valence-corrected chi connectivity index (χ2v) is 10.4. The van der Waals surface area contributed by atoms with Crippen LogP contribution in [0.3, 0.4) is 0 Å². The number of nitrogens with zero attached hydrogens (tertiary/aromatic N) is 1. The second kappa shape index (κ2) is 10.4. The van der Waals surface area contributed by atoms with Gasteiger partial charge in [0, 0.05) is 22.1 Å². The molecule has 1 nitrogen and oxygen atoms in total. The van der Waals surface area contributed by atoms with E-state index in [9.17, 15) is 0 Å². The Morgan fingerprint density at radius 3 is 1.80 bits per heavy atom. The quantitative estimate of drug-likeness (QED) is 0.200. The highest BCUT2D eigenvalue weighted by molar-refractivity contribution is 6.31. The zero-order chi connectivity index (χ0) is 26.9. The predicted molar refractivity (Wildman–Crippen MR) is 172 cm³/mol. The molecule has 0 N–H and O–H groups in total. The maximum Gasteiger partial charge on any atom is 0.0474 e. The molecule has 2 heteroatoms. The SMILES string of the molecule is Clc1cccc(-c2cc(N(c3ccccc3)c3ccc(-c4ccccc4)cc3)cc3ccc4ccccc4c23)c1. The van der Waals surface area contributed by atoms with Crippen LogP contribution in [0.1, 0.15) is 0 Å². The molecular formula is C38H26ClN. The standard InChI is InChI=1S/C38H26ClN/c39-32-14-9-13-30(24-32)37-26-35(25-31-19-18-29-12-7-8-17-36(29)38(31)37)40(33-15-5-2-6-16-33)34-22-20-28(21-23-34)27-10-3-1-4-11-27/h1-26H. The summed E-state index contributed by atoms with van der Waals surface area (Å²) in [6.07, 6.45) is 0. The van der Waals surface area contributed by atoms with Crippen LogP contribution in [-0.2, 0) is 0 Å². The Labute approximate surface area is 239 Å². The number of hydrogen-bond acceptors (Lipinski definition) is 1. The van der Waals surface area contributed by atoms with Crippen LogP contribution in [0.4, 0.5) is 17.1 Å². The molecule has 7 rings (SSSR count). The Hall–Kier alpha value is -4.85. The van der Waals surface area contributed by atoms with E-state index in [2.05, 4.69) is 150 Å². The third-order valence-electron chi connectivity index (χ3n) is 7.47. The van der Waals surface area contributed by atoms with Gasteiger partial charge in [-0.1, -0.05) is 121 Å². The van der Waals surface area contributed by atoms with E-state index >= 15 is 0 Å². The molecular weight excluding hydrogens is 506 g/mol. The fourth-order valence-electron chi connectivity index (χ4n) is 5.60. The molecule has 0 aliphatic carbocycles. The summed E-state index contributed by atoms with van der Waals surface area (Å²) in [6.45, 7) is 0. The van der Waals surface area contributed by atoms with E-state index in [4.69, 9.17) is 11.6 Å². The van der Waals surface area contributed by atoms with Crippen molar-refractivity contribution in [1.29, 1.82) is 0 Å². The van der Waals surface area contributed by atoms with Crippen LogP contribution in [0.25, 0.3) is 43.8 Å². The molecule has 0 fully saturated rings. The first-order valence-corrected chi connectivity index (χ1v) is 13.8. The largest absolute Gasteiger partial charge is 0.310 e. The Balaban J connectivity index is 1.47. The highest BCUT2D eigenvalue weighted by atomic mass is 35.5. The van der Waals surface area contributed by atoms with Gasteiger partial charge in [0.2, 0.25) is 0 Å². The molecule has 0 aliphatic rings. The van der Waals surface area contributed by atoms with E-state index in [1.807, 2.05) is 12.1 Å². The molecule has 0 heterocycles. The van der Waals surface area contributed by atoms with Crippen molar-refractivity contribution in [3.8, 4) is 22.3 Å². The van der Waals surface area contributed by atoms with Crippen LogP contribution in [0.5, 0.6) is 0 Å². The molecule has 0 spiro atoms. The van der Waals surface area contributed by atoms with E-state index in [-0.39, 0.29) is 0 Å². The van der Waals surface area contributed by atoms with Gasteiger partial charge >= 0.3 is 0 Å². The smallest absolute Gasteiger partial charge is 0.0474 e. The van der Waals surface area contributed by atoms with Gasteiger partial charge in [0.1, 0.15) is 0 Å². The topological polar surface area (TPSA) is 3.24 Å². The van der Waals surface area contributed by atoms with Crippen molar-refractivity contribution in [2.45, 2.75) is 0 Å². The minimum atomic E-state index is 0.729. The predicted octanol–water partition coefficient (Wildman–Crippen LogP) is 11.5. The summed E-state index contributed by atoms with van der Waals surface area (Å²) >= 11 is 6.51. The first-order chi connectivity index (χ1) is 19.7. The highest BCUT2D eigenvalue weighted by Gasteiger charge is 2.17. The third kappa shape index (κ3) is 4.51. The van der Waals surface area contributed by atoms with Gasteiger partial charge < -0.3 is 4.90 Å². The zero-order valence-corrected chi connectivity index (χ0v) is 22.6. The van der Waals surface area contributed by atoms with Crippen LogP contribution in [0.2, 0.25) is 5.02 Å². The summed E-state index contributed by atoms with van der Waals surface area (Å²) in [5.41, 5.74) is 7.96. The van der Waals surface area contributed by atoms with Crippen molar-refractivity contribution in [2.75, 3.05) is 4.90 Å². The molecule has 0 aliphatic heterocycles. The summed E-state index contributed by atoms with van der Waals surface area (Å²) < 4.78 is 0. The van der Waals surface area contributed by atoms with Crippen LogP contribution in [-0.4, -0.2) is 0 Å². The number of halogens is 1. The first kappa shape index (κ1) is 24.2. The summed E-state index contributed by atoms with van der Waals surface area (Å²) in [4.78, 5) is 2.33. The maximum absolute atomic E-state index is 6.51. The lowest BCUT2D eigenvalue weighted by molar-refractivity contribution is 1.29. The summed E-state index contributed by atoms with van der Waals surface area (Å²) in [6, 6.07) is 55.7. The third-order valence-corrected chi connectivity index (χ3v) is 7.70. The normalized spacial score (nSPS) is 11.1. The van der Waals surface area contributed by atoms with Crippen molar-refractivity contribution < 1.29 is 0 Å². The van der Waals surface area contributed by atoms with Gasteiger partial charge in [-0.2, -0.15) is 0 Å². The van der Waals surface area contributed by atoms with Crippen LogP contribution in [0, 0.1) is 0 Å². The fraction of sp³-hybridized carbons (Fsp3) is 0. The number of benzene rings is 7. The Bertz CT molecular complexity index is 1940. The minimum Gasteiger partial charge on any atom is -0.310 e. The van der Waals surface area contributed by atoms with Crippen molar-refractivity contribution in [3.63, 3.8) is 0 Å². The number of hydrogen-bond donors (Lipinski definition) is 0. The van der Waals surface area contributed by atoms with E-state index in [1.54, 1.807) is 0 Å². The lowest BCUT2D eigenvalue weighted by atomic mass is 9.92. The molecule has 7 aromatic carbocycles. The zero-order valence-electron chi connectivity index (χ0n) is 21.8. The van der Waals surface area contributed by atoms with E-state index in [0.717, 1.165) is 33.2 Å². The molecule has 0 radical (unpaired) electrons. The van der Waals surface area contributed by atoms with Gasteiger partial charge in [-0.3, -0.25) is 0 Å². The second-order valence-electron chi connectivity index (χ2n) is 9.97. The maximum atomic E-state index is 6.51. The minimum absolute atomic E-state index is 0.729. The van der Waals surface area contributed by atoms with Crippen molar-refractivity contribution in [2.24, 2.45) is 0 Å².